The summed E-state index contributed by atoms with van der Waals surface area (Å²) >= 11 is 0. The number of rotatable bonds is 4. The molecule has 1 atom stereocenters. The molecule has 1 heterocycles. The van der Waals surface area contributed by atoms with Crippen LogP contribution in [0.15, 0.2) is 24.3 Å². The molecule has 134 valence electrons. The molecule has 0 aromatic heterocycles. The predicted octanol–water partition coefficient (Wildman–Crippen LogP) is 1.62. The SMILES string of the molecule is CC(C)N1CCCC(CNC(=O)NNC(=O)c2ccc(C#N)cc2)C1. The van der Waals surface area contributed by atoms with Crippen LogP contribution in [0.25, 0.3) is 0 Å². The van der Waals surface area contributed by atoms with Crippen LogP contribution >= 0.6 is 0 Å². The van der Waals surface area contributed by atoms with E-state index in [1.165, 1.54) is 12.1 Å². The molecule has 25 heavy (non-hydrogen) atoms. The Kier molecular flexibility index (Phi) is 6.78. The molecule has 1 aromatic carbocycles. The third-order valence-corrected chi connectivity index (χ3v) is 4.40. The maximum absolute atomic E-state index is 11.9. The molecule has 0 aliphatic carbocycles. The third kappa shape index (κ3) is 5.76. The fraction of sp³-hybridized carbons (Fsp3) is 0.500. The van der Waals surface area contributed by atoms with Crippen molar-refractivity contribution in [2.45, 2.75) is 32.7 Å². The molecular weight excluding hydrogens is 318 g/mol. The Hall–Kier alpha value is -2.59. The lowest BCUT2D eigenvalue weighted by atomic mass is 9.97. The summed E-state index contributed by atoms with van der Waals surface area (Å²) in [5.74, 6) is -0.000540. The van der Waals surface area contributed by atoms with Crippen molar-refractivity contribution in [3.05, 3.63) is 35.4 Å². The van der Waals surface area contributed by atoms with E-state index < -0.39 is 11.9 Å². The molecule has 0 radical (unpaired) electrons. The molecule has 7 nitrogen and oxygen atoms in total. The van der Waals surface area contributed by atoms with E-state index in [0.717, 1.165) is 25.9 Å². The fourth-order valence-electron chi connectivity index (χ4n) is 2.90. The maximum Gasteiger partial charge on any atom is 0.333 e. The Balaban J connectivity index is 1.71. The average Bonchev–Trinajstić information content (AvgIpc) is 2.64. The number of likely N-dealkylation sites (tertiary alicyclic amines) is 1. The van der Waals surface area contributed by atoms with Crippen molar-refractivity contribution in [2.75, 3.05) is 19.6 Å². The highest BCUT2D eigenvalue weighted by molar-refractivity contribution is 5.95. The van der Waals surface area contributed by atoms with Gasteiger partial charge in [0.2, 0.25) is 0 Å². The summed E-state index contributed by atoms with van der Waals surface area (Å²) in [4.78, 5) is 26.2. The van der Waals surface area contributed by atoms with Crippen molar-refractivity contribution in [3.63, 3.8) is 0 Å². The maximum atomic E-state index is 11.9. The van der Waals surface area contributed by atoms with E-state index in [2.05, 4.69) is 34.9 Å². The van der Waals surface area contributed by atoms with Gasteiger partial charge in [-0.1, -0.05) is 0 Å². The largest absolute Gasteiger partial charge is 0.336 e. The van der Waals surface area contributed by atoms with Crippen LogP contribution in [0.4, 0.5) is 4.79 Å². The summed E-state index contributed by atoms with van der Waals surface area (Å²) in [6, 6.07) is 8.26. The van der Waals surface area contributed by atoms with E-state index in [-0.39, 0.29) is 0 Å². The molecule has 1 aromatic rings. The van der Waals surface area contributed by atoms with Crippen LogP contribution in [0.1, 0.15) is 42.6 Å². The van der Waals surface area contributed by atoms with Crippen molar-refractivity contribution in [1.29, 1.82) is 5.26 Å². The molecule has 2 rings (SSSR count). The molecule has 0 saturated carbocycles. The molecule has 1 saturated heterocycles. The van der Waals surface area contributed by atoms with Gasteiger partial charge in [0, 0.05) is 24.7 Å². The van der Waals surface area contributed by atoms with Crippen LogP contribution in [0.3, 0.4) is 0 Å². The molecule has 1 fully saturated rings. The zero-order valence-electron chi connectivity index (χ0n) is 14.7. The first-order valence-electron chi connectivity index (χ1n) is 8.58. The zero-order valence-corrected chi connectivity index (χ0v) is 14.7. The van der Waals surface area contributed by atoms with E-state index >= 15 is 0 Å². The molecule has 0 spiro atoms. The van der Waals surface area contributed by atoms with Crippen LogP contribution in [0.5, 0.6) is 0 Å². The Morgan fingerprint density at radius 3 is 2.64 bits per heavy atom. The number of nitrogens with zero attached hydrogens (tertiary/aromatic N) is 2. The average molecular weight is 343 g/mol. The number of hydrogen-bond acceptors (Lipinski definition) is 4. The highest BCUT2D eigenvalue weighted by Crippen LogP contribution is 2.17. The van der Waals surface area contributed by atoms with Gasteiger partial charge >= 0.3 is 6.03 Å². The highest BCUT2D eigenvalue weighted by atomic mass is 16.2. The molecule has 1 aliphatic heterocycles. The third-order valence-electron chi connectivity index (χ3n) is 4.40. The fourth-order valence-corrected chi connectivity index (χ4v) is 2.90. The summed E-state index contributed by atoms with van der Waals surface area (Å²) in [6.45, 7) is 7.04. The van der Waals surface area contributed by atoms with Crippen molar-refractivity contribution in [2.24, 2.45) is 5.92 Å². The second-order valence-corrected chi connectivity index (χ2v) is 6.58. The van der Waals surface area contributed by atoms with Crippen LogP contribution in [-0.2, 0) is 0 Å². The number of hydrogen-bond donors (Lipinski definition) is 3. The monoisotopic (exact) mass is 343 g/mol. The summed E-state index contributed by atoms with van der Waals surface area (Å²) < 4.78 is 0. The van der Waals surface area contributed by atoms with Gasteiger partial charge < -0.3 is 10.2 Å². The second-order valence-electron chi connectivity index (χ2n) is 6.58. The van der Waals surface area contributed by atoms with Gasteiger partial charge in [0.15, 0.2) is 0 Å². The summed E-state index contributed by atoms with van der Waals surface area (Å²) in [5.41, 5.74) is 5.56. The van der Waals surface area contributed by atoms with Gasteiger partial charge in [-0.05, 0) is 63.4 Å². The van der Waals surface area contributed by atoms with Gasteiger partial charge in [-0.3, -0.25) is 10.2 Å². The Morgan fingerprint density at radius 1 is 1.28 bits per heavy atom. The first-order valence-corrected chi connectivity index (χ1v) is 8.58. The van der Waals surface area contributed by atoms with Gasteiger partial charge in [0.1, 0.15) is 0 Å². The number of hydrazine groups is 1. The molecule has 3 N–H and O–H groups in total. The van der Waals surface area contributed by atoms with Gasteiger partial charge in [-0.25, -0.2) is 10.2 Å². The first kappa shape index (κ1) is 18.7. The van der Waals surface area contributed by atoms with Gasteiger partial charge in [-0.2, -0.15) is 5.26 Å². The number of piperidine rings is 1. The number of carbonyl (C=O) groups excluding carboxylic acids is 2. The summed E-state index contributed by atoms with van der Waals surface area (Å²) in [5, 5.41) is 11.5. The molecular formula is C18H25N5O2. The van der Waals surface area contributed by atoms with Crippen LogP contribution in [0.2, 0.25) is 0 Å². The lowest BCUT2D eigenvalue weighted by molar-refractivity contribution is 0.0935. The lowest BCUT2D eigenvalue weighted by Gasteiger charge is -2.35. The highest BCUT2D eigenvalue weighted by Gasteiger charge is 2.21. The van der Waals surface area contributed by atoms with Crippen molar-refractivity contribution < 1.29 is 9.59 Å². The Bertz CT molecular complexity index is 636. The van der Waals surface area contributed by atoms with Gasteiger partial charge in [0.25, 0.3) is 5.91 Å². The van der Waals surface area contributed by atoms with Crippen LogP contribution < -0.4 is 16.2 Å². The van der Waals surface area contributed by atoms with Crippen LogP contribution in [-0.4, -0.2) is 42.5 Å². The van der Waals surface area contributed by atoms with Crippen molar-refractivity contribution in [3.8, 4) is 6.07 Å². The predicted molar refractivity (Wildman–Crippen MR) is 94.6 cm³/mol. The smallest absolute Gasteiger partial charge is 0.333 e. The number of urea groups is 1. The molecule has 7 heteroatoms. The topological polar surface area (TPSA) is 97.3 Å². The van der Waals surface area contributed by atoms with E-state index in [4.69, 9.17) is 5.26 Å². The zero-order chi connectivity index (χ0) is 18.2. The summed E-state index contributed by atoms with van der Waals surface area (Å²) in [7, 11) is 0. The van der Waals surface area contributed by atoms with Crippen molar-refractivity contribution in [1.82, 2.24) is 21.1 Å². The van der Waals surface area contributed by atoms with Gasteiger partial charge in [-0.15, -0.1) is 0 Å². The normalized spacial score (nSPS) is 17.6. The van der Waals surface area contributed by atoms with Crippen molar-refractivity contribution >= 4 is 11.9 Å². The standard InChI is InChI=1S/C18H25N5O2/c1-13(2)23-9-3-4-15(12-23)11-20-18(25)22-21-17(24)16-7-5-14(10-19)6-8-16/h5-8,13,15H,3-4,9,11-12H2,1-2H3,(H,21,24)(H2,20,22,25). The minimum atomic E-state index is -0.428. The Labute approximate surface area is 148 Å². The van der Waals surface area contributed by atoms with Gasteiger partial charge in [0.05, 0.1) is 11.6 Å². The quantitative estimate of drug-likeness (QED) is 0.724. The molecule has 1 aliphatic rings. The van der Waals surface area contributed by atoms with Crippen LogP contribution in [0, 0.1) is 17.2 Å². The molecule has 3 amide bonds. The number of benzene rings is 1. The first-order chi connectivity index (χ1) is 12.0. The number of nitriles is 1. The Morgan fingerprint density at radius 2 is 2.00 bits per heavy atom. The summed E-state index contributed by atoms with van der Waals surface area (Å²) in [6.07, 6.45) is 2.24. The van der Waals surface area contributed by atoms with E-state index in [0.29, 0.717) is 29.6 Å². The van der Waals surface area contributed by atoms with E-state index in [1.54, 1.807) is 12.1 Å². The number of carbonyl (C=O) groups is 2. The molecule has 0 bridgehead atoms. The number of amides is 3. The van der Waals surface area contributed by atoms with E-state index in [1.807, 2.05) is 6.07 Å². The lowest BCUT2D eigenvalue weighted by Crippen LogP contribution is -2.49. The number of nitrogens with one attached hydrogen (secondary N) is 3. The minimum Gasteiger partial charge on any atom is -0.336 e. The second kappa shape index (κ2) is 9.04. The van der Waals surface area contributed by atoms with E-state index in [9.17, 15) is 9.59 Å². The molecule has 1 unspecified atom stereocenters. The minimum absolute atomic E-state index is 0.374.